The Kier molecular flexibility index (Phi) is 2.35. The zero-order valence-electron chi connectivity index (χ0n) is 7.43. The Morgan fingerprint density at radius 1 is 1.45 bits per heavy atom. The Hall–Kier alpha value is -0.340. The lowest BCUT2D eigenvalue weighted by atomic mass is 9.86. The minimum atomic E-state index is -0.577. The predicted octanol–water partition coefficient (Wildman–Crippen LogP) is 1.02. The molecule has 2 nitrogen and oxygen atoms in total. The molecule has 0 aromatic rings. The third kappa shape index (κ3) is 1.82. The molecule has 0 spiro atoms. The lowest BCUT2D eigenvalue weighted by molar-refractivity contribution is 0.0168. The van der Waals surface area contributed by atoms with Crippen molar-refractivity contribution in [3.63, 3.8) is 0 Å². The van der Waals surface area contributed by atoms with Gasteiger partial charge in [0, 0.05) is 13.1 Å². The summed E-state index contributed by atoms with van der Waals surface area (Å²) in [5.74, 6) is 0. The molecule has 0 bridgehead atoms. The van der Waals surface area contributed by atoms with Gasteiger partial charge in [-0.05, 0) is 32.4 Å². The van der Waals surface area contributed by atoms with Crippen LogP contribution in [0.3, 0.4) is 0 Å². The normalized spacial score (nSPS) is 25.0. The van der Waals surface area contributed by atoms with E-state index in [1.165, 1.54) is 0 Å². The van der Waals surface area contributed by atoms with Crippen molar-refractivity contribution < 1.29 is 5.11 Å². The monoisotopic (exact) mass is 155 g/mol. The molecule has 1 N–H and O–H groups in total. The van der Waals surface area contributed by atoms with Crippen LogP contribution in [0, 0.1) is 0 Å². The van der Waals surface area contributed by atoms with Gasteiger partial charge in [0.1, 0.15) is 0 Å². The van der Waals surface area contributed by atoms with E-state index in [1.807, 2.05) is 6.92 Å². The van der Waals surface area contributed by atoms with Crippen LogP contribution in [-0.2, 0) is 0 Å². The maximum Gasteiger partial charge on any atom is 0.0875 e. The lowest BCUT2D eigenvalue weighted by Gasteiger charge is -2.36. The van der Waals surface area contributed by atoms with Gasteiger partial charge in [-0.25, -0.2) is 0 Å². The predicted molar refractivity (Wildman–Crippen MR) is 46.5 cm³/mol. The summed E-state index contributed by atoms with van der Waals surface area (Å²) in [5.41, 5.74) is 0.331. The molecule has 0 atom stereocenters. The van der Waals surface area contributed by atoms with Crippen molar-refractivity contribution in [1.29, 1.82) is 0 Å². The Bertz CT molecular complexity index is 157. The summed E-state index contributed by atoms with van der Waals surface area (Å²) in [7, 11) is 2.08. The van der Waals surface area contributed by atoms with Gasteiger partial charge in [-0.3, -0.25) is 0 Å². The average molecular weight is 155 g/mol. The first-order valence-electron chi connectivity index (χ1n) is 4.11. The molecule has 1 rings (SSSR count). The Balaban J connectivity index is 2.55. The number of hydrogen-bond donors (Lipinski definition) is 1. The highest BCUT2D eigenvalue weighted by atomic mass is 16.3. The van der Waals surface area contributed by atoms with Gasteiger partial charge < -0.3 is 10.0 Å². The molecule has 0 aliphatic carbocycles. The lowest BCUT2D eigenvalue weighted by Crippen LogP contribution is -2.43. The van der Waals surface area contributed by atoms with E-state index >= 15 is 0 Å². The maximum atomic E-state index is 9.94. The number of nitrogens with zero attached hydrogens (tertiary/aromatic N) is 1. The van der Waals surface area contributed by atoms with Crippen LogP contribution in [0.1, 0.15) is 19.8 Å². The minimum absolute atomic E-state index is 0.577. The van der Waals surface area contributed by atoms with Gasteiger partial charge in [-0.2, -0.15) is 0 Å². The molecule has 0 radical (unpaired) electrons. The molecule has 1 aliphatic heterocycles. The molecule has 0 unspecified atom stereocenters. The summed E-state index contributed by atoms with van der Waals surface area (Å²) < 4.78 is 0. The zero-order chi connectivity index (χ0) is 8.48. The quantitative estimate of drug-likeness (QED) is 0.571. The highest BCUT2D eigenvalue weighted by molar-refractivity contribution is 5.10. The summed E-state index contributed by atoms with van der Waals surface area (Å²) in [6, 6.07) is 0. The standard InChI is InChI=1S/C9H17NO/c1-8(2)9(11)4-6-10(3)7-5-9/h11H,1,4-7H2,2-3H3. The molecular formula is C9H17NO. The topological polar surface area (TPSA) is 23.5 Å². The largest absolute Gasteiger partial charge is 0.385 e. The summed E-state index contributed by atoms with van der Waals surface area (Å²) >= 11 is 0. The van der Waals surface area contributed by atoms with Crippen LogP contribution < -0.4 is 0 Å². The molecule has 64 valence electrons. The smallest absolute Gasteiger partial charge is 0.0875 e. The van der Waals surface area contributed by atoms with E-state index in [0.29, 0.717) is 0 Å². The van der Waals surface area contributed by atoms with E-state index < -0.39 is 5.60 Å². The van der Waals surface area contributed by atoms with E-state index in [-0.39, 0.29) is 0 Å². The van der Waals surface area contributed by atoms with Crippen LogP contribution in [0.2, 0.25) is 0 Å². The van der Waals surface area contributed by atoms with Crippen LogP contribution in [0.5, 0.6) is 0 Å². The number of likely N-dealkylation sites (tertiary alicyclic amines) is 1. The fraction of sp³-hybridized carbons (Fsp3) is 0.778. The van der Waals surface area contributed by atoms with Gasteiger partial charge in [-0.15, -0.1) is 0 Å². The van der Waals surface area contributed by atoms with Crippen molar-refractivity contribution in [2.24, 2.45) is 0 Å². The van der Waals surface area contributed by atoms with Crippen molar-refractivity contribution in [2.45, 2.75) is 25.4 Å². The summed E-state index contributed by atoms with van der Waals surface area (Å²) in [6.45, 7) is 7.67. The number of piperidine rings is 1. The third-order valence-corrected chi connectivity index (χ3v) is 2.61. The van der Waals surface area contributed by atoms with Gasteiger partial charge in [0.25, 0.3) is 0 Å². The van der Waals surface area contributed by atoms with Gasteiger partial charge in [-0.1, -0.05) is 6.58 Å². The molecule has 2 heteroatoms. The Labute approximate surface area is 68.5 Å². The van der Waals surface area contributed by atoms with Crippen molar-refractivity contribution >= 4 is 0 Å². The fourth-order valence-corrected chi connectivity index (χ4v) is 1.42. The Morgan fingerprint density at radius 2 is 1.91 bits per heavy atom. The summed E-state index contributed by atoms with van der Waals surface area (Å²) in [4.78, 5) is 2.23. The average Bonchev–Trinajstić information content (AvgIpc) is 1.95. The molecule has 0 aromatic heterocycles. The second-order valence-corrected chi connectivity index (χ2v) is 3.62. The highest BCUT2D eigenvalue weighted by Gasteiger charge is 2.31. The van der Waals surface area contributed by atoms with Crippen LogP contribution in [0.25, 0.3) is 0 Å². The molecule has 1 aliphatic rings. The van der Waals surface area contributed by atoms with E-state index in [2.05, 4.69) is 18.5 Å². The summed E-state index contributed by atoms with van der Waals surface area (Å²) in [6.07, 6.45) is 1.66. The number of aliphatic hydroxyl groups is 1. The molecule has 0 saturated carbocycles. The molecule has 1 heterocycles. The SMILES string of the molecule is C=C(C)C1(O)CCN(C)CC1. The first kappa shape index (κ1) is 8.75. The zero-order valence-corrected chi connectivity index (χ0v) is 7.43. The van der Waals surface area contributed by atoms with Gasteiger partial charge >= 0.3 is 0 Å². The number of hydrogen-bond acceptors (Lipinski definition) is 2. The molecule has 0 amide bonds. The number of rotatable bonds is 1. The van der Waals surface area contributed by atoms with Crippen molar-refractivity contribution in [3.8, 4) is 0 Å². The first-order valence-corrected chi connectivity index (χ1v) is 4.11. The van der Waals surface area contributed by atoms with Gasteiger partial charge in [0.15, 0.2) is 0 Å². The van der Waals surface area contributed by atoms with Crippen molar-refractivity contribution in [3.05, 3.63) is 12.2 Å². The molecular weight excluding hydrogens is 138 g/mol. The molecule has 0 aromatic carbocycles. The van der Waals surface area contributed by atoms with Crippen LogP contribution in [0.15, 0.2) is 12.2 Å². The first-order chi connectivity index (χ1) is 5.04. The van der Waals surface area contributed by atoms with Crippen molar-refractivity contribution in [1.82, 2.24) is 4.90 Å². The fourth-order valence-electron chi connectivity index (χ4n) is 1.42. The van der Waals surface area contributed by atoms with E-state index in [9.17, 15) is 5.11 Å². The van der Waals surface area contributed by atoms with Crippen LogP contribution in [0.4, 0.5) is 0 Å². The second-order valence-electron chi connectivity index (χ2n) is 3.62. The van der Waals surface area contributed by atoms with Gasteiger partial charge in [0.05, 0.1) is 5.60 Å². The van der Waals surface area contributed by atoms with Crippen LogP contribution in [-0.4, -0.2) is 35.7 Å². The summed E-state index contributed by atoms with van der Waals surface area (Å²) in [5, 5.41) is 9.94. The third-order valence-electron chi connectivity index (χ3n) is 2.61. The van der Waals surface area contributed by atoms with E-state index in [0.717, 1.165) is 31.5 Å². The second kappa shape index (κ2) is 2.95. The molecule has 1 saturated heterocycles. The van der Waals surface area contributed by atoms with Crippen molar-refractivity contribution in [2.75, 3.05) is 20.1 Å². The Morgan fingerprint density at radius 3 is 2.27 bits per heavy atom. The van der Waals surface area contributed by atoms with Gasteiger partial charge in [0.2, 0.25) is 0 Å². The molecule has 11 heavy (non-hydrogen) atoms. The van der Waals surface area contributed by atoms with Crippen LogP contribution >= 0.6 is 0 Å². The minimum Gasteiger partial charge on any atom is -0.385 e. The van der Waals surface area contributed by atoms with E-state index in [4.69, 9.17) is 0 Å². The molecule has 1 fully saturated rings. The highest BCUT2D eigenvalue weighted by Crippen LogP contribution is 2.27. The van der Waals surface area contributed by atoms with E-state index in [1.54, 1.807) is 0 Å². The maximum absolute atomic E-state index is 9.94.